The topological polar surface area (TPSA) is 63.2 Å². The van der Waals surface area contributed by atoms with Crippen LogP contribution in [0.3, 0.4) is 0 Å². The zero-order valence-electron chi connectivity index (χ0n) is 14.4. The van der Waals surface area contributed by atoms with E-state index in [2.05, 4.69) is 9.97 Å². The highest BCUT2D eigenvalue weighted by molar-refractivity contribution is 7.98. The van der Waals surface area contributed by atoms with Crippen LogP contribution in [0.1, 0.15) is 5.56 Å². The monoisotopic (exact) mass is 439 g/mol. The van der Waals surface area contributed by atoms with Gasteiger partial charge in [0.1, 0.15) is 16.5 Å². The van der Waals surface area contributed by atoms with Gasteiger partial charge in [0.2, 0.25) is 0 Å². The van der Waals surface area contributed by atoms with Gasteiger partial charge in [0.05, 0.1) is 17.6 Å². The van der Waals surface area contributed by atoms with Gasteiger partial charge in [-0.25, -0.2) is 27.2 Å². The van der Waals surface area contributed by atoms with Gasteiger partial charge in [-0.2, -0.15) is 0 Å². The summed E-state index contributed by atoms with van der Waals surface area (Å²) in [6, 6.07) is 8.25. The first kappa shape index (κ1) is 19.1. The minimum atomic E-state index is -3.81. The molecule has 0 saturated heterocycles. The standard InChI is InChI=1S/C18H12ClF2N3O2S2/c1-24-15-6-11(19)3-5-13(15)17-16(28(24,25)26)8-22-18(23-17)27-9-10-2-4-12(20)7-14(10)21/h2-8H,9H2,1H3. The van der Waals surface area contributed by atoms with Crippen LogP contribution in [0.4, 0.5) is 14.5 Å². The number of sulfonamides is 1. The second-order valence-corrected chi connectivity index (χ2v) is 9.34. The Morgan fingerprint density at radius 1 is 1.18 bits per heavy atom. The average Bonchev–Trinajstić information content (AvgIpc) is 2.65. The van der Waals surface area contributed by atoms with Crippen LogP contribution < -0.4 is 4.31 Å². The summed E-state index contributed by atoms with van der Waals surface area (Å²) in [7, 11) is -2.37. The zero-order valence-corrected chi connectivity index (χ0v) is 16.7. The van der Waals surface area contributed by atoms with E-state index in [4.69, 9.17) is 11.6 Å². The second-order valence-electron chi connectivity index (χ2n) is 6.02. The Morgan fingerprint density at radius 2 is 1.96 bits per heavy atom. The molecule has 5 nitrogen and oxygen atoms in total. The Balaban J connectivity index is 1.73. The van der Waals surface area contributed by atoms with Gasteiger partial charge in [-0.1, -0.05) is 29.4 Å². The first-order valence-corrected chi connectivity index (χ1v) is 10.8. The van der Waals surface area contributed by atoms with E-state index in [9.17, 15) is 17.2 Å². The quantitative estimate of drug-likeness (QED) is 0.444. The number of anilines is 1. The van der Waals surface area contributed by atoms with E-state index in [-0.39, 0.29) is 21.5 Å². The number of fused-ring (bicyclic) bond motifs is 3. The van der Waals surface area contributed by atoms with Gasteiger partial charge in [0.25, 0.3) is 10.0 Å². The predicted molar refractivity (Wildman–Crippen MR) is 104 cm³/mol. The van der Waals surface area contributed by atoms with E-state index >= 15 is 0 Å². The highest BCUT2D eigenvalue weighted by Crippen LogP contribution is 2.42. The number of rotatable bonds is 3. The Kier molecular flexibility index (Phi) is 4.76. The molecule has 1 aliphatic rings. The van der Waals surface area contributed by atoms with Crippen LogP contribution in [0.5, 0.6) is 0 Å². The maximum Gasteiger partial charge on any atom is 0.267 e. The molecule has 0 aliphatic carbocycles. The van der Waals surface area contributed by atoms with E-state index in [0.717, 1.165) is 22.1 Å². The summed E-state index contributed by atoms with van der Waals surface area (Å²) in [6.07, 6.45) is 1.25. The molecule has 0 radical (unpaired) electrons. The van der Waals surface area contributed by atoms with Crippen molar-refractivity contribution in [2.45, 2.75) is 15.8 Å². The van der Waals surface area contributed by atoms with Gasteiger partial charge >= 0.3 is 0 Å². The first-order chi connectivity index (χ1) is 13.3. The third-order valence-electron chi connectivity index (χ3n) is 4.30. The van der Waals surface area contributed by atoms with Crippen molar-refractivity contribution in [3.05, 3.63) is 64.8 Å². The van der Waals surface area contributed by atoms with Crippen LogP contribution in [0.25, 0.3) is 11.3 Å². The Hall–Kier alpha value is -2.23. The number of hydrogen-bond acceptors (Lipinski definition) is 5. The highest BCUT2D eigenvalue weighted by Gasteiger charge is 2.34. The second kappa shape index (κ2) is 6.98. The van der Waals surface area contributed by atoms with Crippen LogP contribution in [-0.2, 0) is 15.8 Å². The fourth-order valence-electron chi connectivity index (χ4n) is 2.83. The summed E-state index contributed by atoms with van der Waals surface area (Å²) in [5, 5.41) is 0.683. The summed E-state index contributed by atoms with van der Waals surface area (Å²) < 4.78 is 53.5. The lowest BCUT2D eigenvalue weighted by Crippen LogP contribution is -2.31. The van der Waals surface area contributed by atoms with Crippen LogP contribution >= 0.6 is 23.4 Å². The number of thioether (sulfide) groups is 1. The number of benzene rings is 2. The van der Waals surface area contributed by atoms with Crippen LogP contribution in [0.15, 0.2) is 52.6 Å². The molecular weight excluding hydrogens is 428 g/mol. The minimum Gasteiger partial charge on any atom is -0.269 e. The maximum atomic E-state index is 13.8. The molecule has 0 unspecified atom stereocenters. The Morgan fingerprint density at radius 3 is 2.71 bits per heavy atom. The van der Waals surface area contributed by atoms with Crippen molar-refractivity contribution >= 4 is 39.1 Å². The molecule has 0 bridgehead atoms. The molecule has 10 heteroatoms. The van der Waals surface area contributed by atoms with E-state index in [1.54, 1.807) is 18.2 Å². The summed E-state index contributed by atoms with van der Waals surface area (Å²) in [5.41, 5.74) is 1.59. The fourth-order valence-corrected chi connectivity index (χ4v) is 5.09. The molecule has 0 atom stereocenters. The van der Waals surface area contributed by atoms with Crippen molar-refractivity contribution in [2.24, 2.45) is 0 Å². The lowest BCUT2D eigenvalue weighted by atomic mass is 10.1. The number of nitrogens with zero attached hydrogens (tertiary/aromatic N) is 3. The van der Waals surface area contributed by atoms with Gasteiger partial charge in [-0.3, -0.25) is 4.31 Å². The van der Waals surface area contributed by atoms with Crippen molar-refractivity contribution in [2.75, 3.05) is 11.4 Å². The SMILES string of the molecule is CN1c2cc(Cl)ccc2-c2nc(SCc3ccc(F)cc3F)ncc2S1(=O)=O. The normalized spacial score (nSPS) is 14.5. The molecule has 0 amide bonds. The van der Waals surface area contributed by atoms with Gasteiger partial charge in [0.15, 0.2) is 5.16 Å². The average molecular weight is 440 g/mol. The molecule has 0 fully saturated rings. The molecule has 2 heterocycles. The fraction of sp³-hybridized carbons (Fsp3) is 0.111. The molecule has 1 aromatic heterocycles. The highest BCUT2D eigenvalue weighted by atomic mass is 35.5. The molecule has 28 heavy (non-hydrogen) atoms. The van der Waals surface area contributed by atoms with Crippen LogP contribution in [0.2, 0.25) is 5.02 Å². The summed E-state index contributed by atoms with van der Waals surface area (Å²) in [5.74, 6) is -1.14. The minimum absolute atomic E-state index is 0.0119. The van der Waals surface area contributed by atoms with Gasteiger partial charge in [-0.15, -0.1) is 0 Å². The van der Waals surface area contributed by atoms with Crippen LogP contribution in [0, 0.1) is 11.6 Å². The lowest BCUT2D eigenvalue weighted by molar-refractivity contribution is 0.576. The first-order valence-electron chi connectivity index (χ1n) is 8.00. The molecule has 4 rings (SSSR count). The smallest absolute Gasteiger partial charge is 0.267 e. The summed E-state index contributed by atoms with van der Waals surface area (Å²) >= 11 is 7.14. The number of hydrogen-bond donors (Lipinski definition) is 0. The number of halogens is 3. The molecule has 1 aliphatic heterocycles. The number of aromatic nitrogens is 2. The van der Waals surface area contributed by atoms with Crippen molar-refractivity contribution in [1.82, 2.24) is 9.97 Å². The Bertz CT molecular complexity index is 1210. The van der Waals surface area contributed by atoms with Crippen molar-refractivity contribution in [3.63, 3.8) is 0 Å². The zero-order chi connectivity index (χ0) is 20.1. The van der Waals surface area contributed by atoms with Crippen molar-refractivity contribution in [3.8, 4) is 11.3 Å². The van der Waals surface area contributed by atoms with Crippen molar-refractivity contribution < 1.29 is 17.2 Å². The largest absolute Gasteiger partial charge is 0.269 e. The lowest BCUT2D eigenvalue weighted by Gasteiger charge is -2.28. The third kappa shape index (κ3) is 3.23. The van der Waals surface area contributed by atoms with Gasteiger partial charge in [-0.05, 0) is 29.8 Å². The van der Waals surface area contributed by atoms with E-state index in [1.807, 2.05) is 0 Å². The molecule has 0 spiro atoms. The summed E-state index contributed by atoms with van der Waals surface area (Å²) in [6.45, 7) is 0. The summed E-state index contributed by atoms with van der Waals surface area (Å²) in [4.78, 5) is 8.47. The maximum absolute atomic E-state index is 13.8. The van der Waals surface area contributed by atoms with Gasteiger partial charge < -0.3 is 0 Å². The molecule has 3 aromatic rings. The molecule has 144 valence electrons. The van der Waals surface area contributed by atoms with E-state index < -0.39 is 21.7 Å². The van der Waals surface area contributed by atoms with E-state index in [1.165, 1.54) is 25.4 Å². The molecule has 0 N–H and O–H groups in total. The van der Waals surface area contributed by atoms with Gasteiger partial charge in [0, 0.05) is 29.5 Å². The molecule has 2 aromatic carbocycles. The van der Waals surface area contributed by atoms with E-state index in [0.29, 0.717) is 21.8 Å². The molecular formula is C18H12ClF2N3O2S2. The predicted octanol–water partition coefficient (Wildman–Crippen LogP) is 4.51. The van der Waals surface area contributed by atoms with Crippen molar-refractivity contribution in [1.29, 1.82) is 0 Å². The molecule has 0 saturated carbocycles. The third-order valence-corrected chi connectivity index (χ3v) is 7.22. The van der Waals surface area contributed by atoms with Crippen LogP contribution in [-0.4, -0.2) is 25.4 Å². The Labute approximate surface area is 169 Å².